The molecule has 420 valence electrons. The minimum absolute atomic E-state index is 1.50. The van der Waals surface area contributed by atoms with Crippen molar-refractivity contribution in [1.82, 2.24) is 0 Å². The molecule has 0 aromatic heterocycles. The maximum absolute atomic E-state index is 1.50. The van der Waals surface area contributed by atoms with Crippen molar-refractivity contribution >= 4 is 0 Å². The van der Waals surface area contributed by atoms with E-state index in [-0.39, 0.29) is 0 Å². The van der Waals surface area contributed by atoms with Crippen molar-refractivity contribution in [1.29, 1.82) is 0 Å². The molecule has 0 aliphatic heterocycles. The average Bonchev–Trinajstić information content (AvgIpc) is 3.15. The van der Waals surface area contributed by atoms with Gasteiger partial charge in [-0.15, -0.1) is 0 Å². The molecule has 12 aliphatic carbocycles. The first-order chi connectivity index (χ1) is 35.0. The monoisotopic (exact) mass is 981 g/mol. The van der Waals surface area contributed by atoms with Crippen LogP contribution in [-0.2, 0) is 0 Å². The molecular formula is C70H140. The molecule has 0 saturated heterocycles. The van der Waals surface area contributed by atoms with Crippen LogP contribution in [0.15, 0.2) is 0 Å². The van der Waals surface area contributed by atoms with Crippen LogP contribution < -0.4 is 0 Å². The van der Waals surface area contributed by atoms with Gasteiger partial charge in [0.05, 0.1) is 0 Å². The second kappa shape index (κ2) is 65.1. The van der Waals surface area contributed by atoms with Gasteiger partial charge in [-0.25, -0.2) is 0 Å². The van der Waals surface area contributed by atoms with Gasteiger partial charge < -0.3 is 0 Å². The Morgan fingerprint density at radius 2 is 0.0429 bits per heavy atom. The first kappa shape index (κ1) is 68.0. The molecule has 0 unspecified atom stereocenters. The van der Waals surface area contributed by atoms with Gasteiger partial charge in [0.15, 0.2) is 0 Å². The van der Waals surface area contributed by atoms with Crippen LogP contribution in [0.2, 0.25) is 0 Å². The Hall–Kier alpha value is 0. The zero-order chi connectivity index (χ0) is 49.5. The van der Waals surface area contributed by atoms with Crippen molar-refractivity contribution in [2.24, 2.45) is 0 Å². The van der Waals surface area contributed by atoms with E-state index < -0.39 is 0 Å². The molecule has 0 atom stereocenters. The molecule has 0 bridgehead atoms. The fourth-order valence-corrected chi connectivity index (χ4v) is 9.17. The van der Waals surface area contributed by atoms with Gasteiger partial charge in [-0.2, -0.15) is 0 Å². The minimum Gasteiger partial charge on any atom is -0.0533 e. The number of hydrogen-bond donors (Lipinski definition) is 0. The average molecular weight is 982 g/mol. The summed E-state index contributed by atoms with van der Waals surface area (Å²) < 4.78 is 0. The van der Waals surface area contributed by atoms with Crippen molar-refractivity contribution < 1.29 is 0 Å². The summed E-state index contributed by atoms with van der Waals surface area (Å²) in [5.41, 5.74) is 0. The topological polar surface area (TPSA) is 0 Å². The molecule has 0 aromatic rings. The molecule has 0 radical (unpaired) electrons. The van der Waals surface area contributed by atoms with E-state index in [1.807, 2.05) is 0 Å². The third-order valence-electron chi connectivity index (χ3n) is 17.5. The van der Waals surface area contributed by atoms with E-state index in [1.165, 1.54) is 449 Å². The molecule has 12 fully saturated rings. The molecule has 0 heteroatoms. The molecule has 0 N–H and O–H groups in total. The largest absolute Gasteiger partial charge is 0.0533 e. The molecule has 70 heavy (non-hydrogen) atoms. The van der Waals surface area contributed by atoms with E-state index in [4.69, 9.17) is 0 Å². The summed E-state index contributed by atoms with van der Waals surface area (Å²) in [6, 6.07) is 0. The SMILES string of the molecule is C1CCC1.C1CCC1.C1CCC1.C1CCC1.C1CCC1.C1CCC1.C1CCC1.C1CCCCC1.C1CCCCCCC1.C1CCCCCCC1.C1CCCCCCC1.C1CCCCCCCCCCC1. The third-order valence-corrected chi connectivity index (χ3v) is 17.5. The van der Waals surface area contributed by atoms with Gasteiger partial charge in [-0.1, -0.05) is 449 Å². The highest BCUT2D eigenvalue weighted by Gasteiger charge is 2.01. The number of rotatable bonds is 0. The van der Waals surface area contributed by atoms with Gasteiger partial charge in [-0.3, -0.25) is 0 Å². The predicted molar refractivity (Wildman–Crippen MR) is 323 cm³/mol. The van der Waals surface area contributed by atoms with Gasteiger partial charge in [0.2, 0.25) is 0 Å². The van der Waals surface area contributed by atoms with Crippen molar-refractivity contribution in [2.75, 3.05) is 0 Å². The smallest absolute Gasteiger partial charge is 0.0533 e. The van der Waals surface area contributed by atoms with Crippen LogP contribution in [0, 0.1) is 0 Å². The molecule has 0 heterocycles. The highest BCUT2D eigenvalue weighted by atomic mass is 14.1. The molecule has 0 spiro atoms. The van der Waals surface area contributed by atoms with Crippen LogP contribution in [0.1, 0.15) is 449 Å². The lowest BCUT2D eigenvalue weighted by Crippen LogP contribution is -1.85. The lowest BCUT2D eigenvalue weighted by atomic mass is 10.0. The molecule has 12 rings (SSSR count). The second-order valence-electron chi connectivity index (χ2n) is 24.7. The van der Waals surface area contributed by atoms with Gasteiger partial charge in [-0.05, 0) is 0 Å². The van der Waals surface area contributed by atoms with Crippen LogP contribution in [0.4, 0.5) is 0 Å². The van der Waals surface area contributed by atoms with Crippen LogP contribution in [0.3, 0.4) is 0 Å². The normalized spacial score (nSPS) is 24.0. The van der Waals surface area contributed by atoms with E-state index in [9.17, 15) is 0 Å². The number of hydrogen-bond acceptors (Lipinski definition) is 0. The molecule has 12 aliphatic rings. The lowest BCUT2D eigenvalue weighted by molar-refractivity contribution is 0.504. The molecular weight excluding hydrogens is 841 g/mol. The fraction of sp³-hybridized carbons (Fsp3) is 1.00. The standard InChI is InChI=1S/C12H24.3C8H16.C6H12.7C4H8/c1-2-4-6-8-10-12-11-9-7-5-3-1;3*1-2-4-6-8-7-5-3-1;1-2-4-6-5-3-1;7*1-2-4-3-1/h1-12H2;3*1-8H2;1-6H2;7*1-4H2. The maximum atomic E-state index is 1.50. The Kier molecular flexibility index (Phi) is 63.3. The summed E-state index contributed by atoms with van der Waals surface area (Å²) in [6.45, 7) is 0. The van der Waals surface area contributed by atoms with Crippen molar-refractivity contribution in [2.45, 2.75) is 449 Å². The first-order valence-corrected chi connectivity index (χ1v) is 35.0. The Morgan fingerprint density at radius 1 is 0.0286 bits per heavy atom. The van der Waals surface area contributed by atoms with Crippen LogP contribution in [-0.4, -0.2) is 0 Å². The van der Waals surface area contributed by atoms with Gasteiger partial charge in [0.25, 0.3) is 0 Å². The minimum atomic E-state index is 1.50. The Morgan fingerprint density at radius 3 is 0.0571 bits per heavy atom. The predicted octanol–water partition coefficient (Wildman–Crippen LogP) is 27.3. The summed E-state index contributed by atoms with van der Waals surface area (Å²) >= 11 is 0. The first-order valence-electron chi connectivity index (χ1n) is 35.0. The van der Waals surface area contributed by atoms with Crippen LogP contribution >= 0.6 is 0 Å². The summed E-state index contributed by atoms with van der Waals surface area (Å²) in [6.07, 6.45) is 105. The van der Waals surface area contributed by atoms with Gasteiger partial charge in [0.1, 0.15) is 0 Å². The van der Waals surface area contributed by atoms with Crippen LogP contribution in [0.5, 0.6) is 0 Å². The van der Waals surface area contributed by atoms with Crippen molar-refractivity contribution in [3.8, 4) is 0 Å². The van der Waals surface area contributed by atoms with E-state index in [0.717, 1.165) is 0 Å². The molecule has 0 amide bonds. The van der Waals surface area contributed by atoms with E-state index in [0.29, 0.717) is 0 Å². The summed E-state index contributed by atoms with van der Waals surface area (Å²) in [4.78, 5) is 0. The Balaban J connectivity index is 0.000000389. The zero-order valence-electron chi connectivity index (χ0n) is 49.5. The van der Waals surface area contributed by atoms with Crippen LogP contribution in [0.25, 0.3) is 0 Å². The highest BCUT2D eigenvalue weighted by molar-refractivity contribution is 4.57. The van der Waals surface area contributed by atoms with Gasteiger partial charge in [0, 0.05) is 0 Å². The Bertz CT molecular complexity index is 555. The summed E-state index contributed by atoms with van der Waals surface area (Å²) in [5.74, 6) is 0. The quantitative estimate of drug-likeness (QED) is 0.227. The fourth-order valence-electron chi connectivity index (χ4n) is 9.17. The highest BCUT2D eigenvalue weighted by Crippen LogP contribution is 2.21. The maximum Gasteiger partial charge on any atom is -0.0533 e. The summed E-state index contributed by atoms with van der Waals surface area (Å²) in [7, 11) is 0. The molecule has 0 aromatic carbocycles. The molecule has 12 saturated carbocycles. The Labute approximate surface area is 447 Å². The molecule has 0 nitrogen and oxygen atoms in total. The zero-order valence-corrected chi connectivity index (χ0v) is 49.5. The van der Waals surface area contributed by atoms with Crippen molar-refractivity contribution in [3.05, 3.63) is 0 Å². The second-order valence-corrected chi connectivity index (χ2v) is 24.7. The van der Waals surface area contributed by atoms with E-state index >= 15 is 0 Å². The lowest BCUT2D eigenvalue weighted by Gasteiger charge is -2.05. The summed E-state index contributed by atoms with van der Waals surface area (Å²) in [5, 5.41) is 0. The van der Waals surface area contributed by atoms with Crippen molar-refractivity contribution in [3.63, 3.8) is 0 Å². The van der Waals surface area contributed by atoms with E-state index in [2.05, 4.69) is 0 Å². The van der Waals surface area contributed by atoms with E-state index in [1.54, 1.807) is 0 Å². The van der Waals surface area contributed by atoms with Gasteiger partial charge >= 0.3 is 0 Å². The third kappa shape index (κ3) is 62.3.